The van der Waals surface area contributed by atoms with Gasteiger partial charge in [0.2, 0.25) is 0 Å². The molecule has 18 heavy (non-hydrogen) atoms. The Bertz CT molecular complexity index is 478. The summed E-state index contributed by atoms with van der Waals surface area (Å²) in [6.45, 7) is 0. The average molecular weight is 269 g/mol. The number of halogens is 1. The fraction of sp³-hybridized carbons (Fsp3) is 0.538. The Kier molecular flexibility index (Phi) is 4.07. The molecule has 1 aromatic rings. The van der Waals surface area contributed by atoms with Gasteiger partial charge < -0.3 is 10.3 Å². The molecule has 1 aromatic heterocycles. The van der Waals surface area contributed by atoms with Crippen LogP contribution in [-0.2, 0) is 0 Å². The summed E-state index contributed by atoms with van der Waals surface area (Å²) in [7, 11) is 0. The summed E-state index contributed by atoms with van der Waals surface area (Å²) >= 11 is 6.01. The summed E-state index contributed by atoms with van der Waals surface area (Å²) in [4.78, 5) is 26.4. The molecular formula is C13H17ClN2O2. The molecule has 5 heteroatoms. The minimum atomic E-state index is -0.348. The normalized spacial score (nSPS) is 18.3. The summed E-state index contributed by atoms with van der Waals surface area (Å²) in [5, 5.41) is 2.95. The molecule has 2 N–H and O–H groups in total. The molecule has 0 saturated heterocycles. The maximum Gasteiger partial charge on any atom is 0.257 e. The van der Waals surface area contributed by atoms with E-state index in [1.54, 1.807) is 0 Å². The van der Waals surface area contributed by atoms with Gasteiger partial charge in [-0.3, -0.25) is 9.59 Å². The number of nitrogens with one attached hydrogen (secondary N) is 2. The molecule has 0 radical (unpaired) electrons. The molecule has 1 saturated carbocycles. The fourth-order valence-corrected chi connectivity index (χ4v) is 2.76. The first kappa shape index (κ1) is 13.1. The minimum Gasteiger partial charge on any atom is -0.367 e. The first-order chi connectivity index (χ1) is 8.67. The van der Waals surface area contributed by atoms with Crippen LogP contribution in [0.25, 0.3) is 0 Å². The number of amides is 1. The molecule has 1 amide bonds. The van der Waals surface area contributed by atoms with Gasteiger partial charge in [0.25, 0.3) is 5.91 Å². The lowest BCUT2D eigenvalue weighted by molar-refractivity contribution is 0.0883. The van der Waals surface area contributed by atoms with Crippen molar-refractivity contribution in [3.05, 3.63) is 34.2 Å². The summed E-state index contributed by atoms with van der Waals surface area (Å²) in [5.41, 5.74) is -0.474. The topological polar surface area (TPSA) is 62.0 Å². The van der Waals surface area contributed by atoms with Crippen LogP contribution in [0.15, 0.2) is 23.3 Å². The number of H-pyrrole nitrogens is 1. The first-order valence-electron chi connectivity index (χ1n) is 6.22. The van der Waals surface area contributed by atoms with Crippen LogP contribution in [0.4, 0.5) is 0 Å². The molecule has 0 aromatic carbocycles. The third kappa shape index (κ3) is 2.75. The Morgan fingerprint density at radius 2 is 2.11 bits per heavy atom. The third-order valence-corrected chi connectivity index (χ3v) is 4.03. The lowest BCUT2D eigenvalue weighted by Crippen LogP contribution is -2.52. The summed E-state index contributed by atoms with van der Waals surface area (Å²) < 4.78 is 0. The molecule has 98 valence electrons. The standard InChI is InChI=1S/C13H17ClN2O2/c14-9-13(5-2-1-3-6-13)16-12(18)10-8-15-7-4-11(10)17/h4,7-8H,1-3,5-6,9H2,(H,15,17)(H,16,18). The molecule has 0 atom stereocenters. The number of hydrogen-bond acceptors (Lipinski definition) is 2. The molecule has 1 aliphatic carbocycles. The highest BCUT2D eigenvalue weighted by molar-refractivity contribution is 6.19. The van der Waals surface area contributed by atoms with Crippen LogP contribution in [0.5, 0.6) is 0 Å². The SMILES string of the molecule is O=C(NC1(CCl)CCCCC1)c1c[nH]ccc1=O. The average Bonchev–Trinajstić information content (AvgIpc) is 2.40. The lowest BCUT2D eigenvalue weighted by atomic mass is 9.83. The smallest absolute Gasteiger partial charge is 0.257 e. The number of hydrogen-bond donors (Lipinski definition) is 2. The molecule has 0 bridgehead atoms. The van der Waals surface area contributed by atoms with Crippen molar-refractivity contribution in [1.82, 2.24) is 10.3 Å². The highest BCUT2D eigenvalue weighted by atomic mass is 35.5. The number of carbonyl (C=O) groups excluding carboxylic acids is 1. The Morgan fingerprint density at radius 1 is 1.39 bits per heavy atom. The maximum atomic E-state index is 12.1. The van der Waals surface area contributed by atoms with Crippen LogP contribution in [0, 0.1) is 0 Å². The van der Waals surface area contributed by atoms with Crippen LogP contribution in [0.3, 0.4) is 0 Å². The minimum absolute atomic E-state index is 0.146. The van der Waals surface area contributed by atoms with E-state index in [-0.39, 0.29) is 22.4 Å². The van der Waals surface area contributed by atoms with Crippen molar-refractivity contribution in [3.8, 4) is 0 Å². The van der Waals surface area contributed by atoms with E-state index in [1.807, 2.05) is 0 Å². The van der Waals surface area contributed by atoms with Crippen LogP contribution in [0.1, 0.15) is 42.5 Å². The second-order valence-electron chi connectivity index (χ2n) is 4.85. The van der Waals surface area contributed by atoms with E-state index in [1.165, 1.54) is 24.9 Å². The van der Waals surface area contributed by atoms with Gasteiger partial charge in [-0.15, -0.1) is 11.6 Å². The second kappa shape index (κ2) is 5.57. The van der Waals surface area contributed by atoms with Crippen LogP contribution < -0.4 is 10.7 Å². The van der Waals surface area contributed by atoms with Crippen molar-refractivity contribution in [2.24, 2.45) is 0 Å². The number of alkyl halides is 1. The van der Waals surface area contributed by atoms with E-state index in [0.29, 0.717) is 5.88 Å². The van der Waals surface area contributed by atoms with Gasteiger partial charge in [-0.25, -0.2) is 0 Å². The van der Waals surface area contributed by atoms with E-state index in [0.717, 1.165) is 25.7 Å². The molecular weight excluding hydrogens is 252 g/mol. The van der Waals surface area contributed by atoms with E-state index in [9.17, 15) is 9.59 Å². The van der Waals surface area contributed by atoms with Crippen molar-refractivity contribution in [2.45, 2.75) is 37.6 Å². The van der Waals surface area contributed by atoms with Crippen molar-refractivity contribution in [1.29, 1.82) is 0 Å². The zero-order valence-corrected chi connectivity index (χ0v) is 10.9. The van der Waals surface area contributed by atoms with Gasteiger partial charge in [0.1, 0.15) is 5.56 Å². The predicted octanol–water partition coefficient (Wildman–Crippen LogP) is 2.05. The molecule has 1 fully saturated rings. The second-order valence-corrected chi connectivity index (χ2v) is 5.12. The highest BCUT2D eigenvalue weighted by Crippen LogP contribution is 2.29. The quantitative estimate of drug-likeness (QED) is 0.824. The van der Waals surface area contributed by atoms with Crippen LogP contribution >= 0.6 is 11.6 Å². The van der Waals surface area contributed by atoms with E-state index < -0.39 is 0 Å². The van der Waals surface area contributed by atoms with Crippen molar-refractivity contribution >= 4 is 17.5 Å². The lowest BCUT2D eigenvalue weighted by Gasteiger charge is -2.36. The number of aromatic nitrogens is 1. The maximum absolute atomic E-state index is 12.1. The Morgan fingerprint density at radius 3 is 2.72 bits per heavy atom. The van der Waals surface area contributed by atoms with E-state index in [4.69, 9.17) is 11.6 Å². The van der Waals surface area contributed by atoms with E-state index >= 15 is 0 Å². The molecule has 1 aliphatic rings. The van der Waals surface area contributed by atoms with Gasteiger partial charge in [-0.1, -0.05) is 19.3 Å². The number of carbonyl (C=O) groups is 1. The monoisotopic (exact) mass is 268 g/mol. The zero-order chi connectivity index (χ0) is 13.0. The molecule has 4 nitrogen and oxygen atoms in total. The Labute approximate surface area is 111 Å². The summed E-state index contributed by atoms with van der Waals surface area (Å²) in [6, 6.07) is 1.35. The zero-order valence-electron chi connectivity index (χ0n) is 10.2. The first-order valence-corrected chi connectivity index (χ1v) is 6.76. The summed E-state index contributed by atoms with van der Waals surface area (Å²) in [6.07, 6.45) is 8.02. The number of pyridine rings is 1. The van der Waals surface area contributed by atoms with Crippen molar-refractivity contribution in [3.63, 3.8) is 0 Å². The van der Waals surface area contributed by atoms with E-state index in [2.05, 4.69) is 10.3 Å². The van der Waals surface area contributed by atoms with Gasteiger partial charge in [0.05, 0.1) is 5.54 Å². The van der Waals surface area contributed by atoms with Gasteiger partial charge >= 0.3 is 0 Å². The van der Waals surface area contributed by atoms with Crippen molar-refractivity contribution in [2.75, 3.05) is 5.88 Å². The summed E-state index contributed by atoms with van der Waals surface area (Å²) in [5.74, 6) is 0.0585. The van der Waals surface area contributed by atoms with Crippen LogP contribution in [0.2, 0.25) is 0 Å². The highest BCUT2D eigenvalue weighted by Gasteiger charge is 2.33. The fourth-order valence-electron chi connectivity index (χ4n) is 2.42. The molecule has 0 unspecified atom stereocenters. The predicted molar refractivity (Wildman–Crippen MR) is 71.1 cm³/mol. The number of aromatic amines is 1. The van der Waals surface area contributed by atoms with Gasteiger partial charge in [0.15, 0.2) is 5.43 Å². The van der Waals surface area contributed by atoms with Crippen molar-refractivity contribution < 1.29 is 4.79 Å². The Hall–Kier alpha value is -1.29. The van der Waals surface area contributed by atoms with Crippen LogP contribution in [-0.4, -0.2) is 22.3 Å². The molecule has 2 rings (SSSR count). The number of rotatable bonds is 3. The largest absolute Gasteiger partial charge is 0.367 e. The molecule has 0 aliphatic heterocycles. The van der Waals surface area contributed by atoms with Gasteiger partial charge in [-0.05, 0) is 12.8 Å². The van der Waals surface area contributed by atoms with Gasteiger partial charge in [-0.2, -0.15) is 0 Å². The molecule has 0 spiro atoms. The van der Waals surface area contributed by atoms with Gasteiger partial charge in [0, 0.05) is 24.3 Å². The Balaban J connectivity index is 2.15. The third-order valence-electron chi connectivity index (χ3n) is 3.51. The molecule has 1 heterocycles.